The molecule has 2 nitrogen and oxygen atoms in total. The lowest BCUT2D eigenvalue weighted by Crippen LogP contribution is -2.10. The Morgan fingerprint density at radius 2 is 2.07 bits per heavy atom. The molecule has 0 radical (unpaired) electrons. The van der Waals surface area contributed by atoms with E-state index < -0.39 is 0 Å². The molecule has 0 fully saturated rings. The molecular formula is C12H20N2. The van der Waals surface area contributed by atoms with Crippen molar-refractivity contribution in [3.63, 3.8) is 0 Å². The number of nitrogens with two attached hydrogens (primary N) is 1. The number of rotatable bonds is 4. The third kappa shape index (κ3) is 2.95. The summed E-state index contributed by atoms with van der Waals surface area (Å²) >= 11 is 0. The third-order valence-corrected chi connectivity index (χ3v) is 2.12. The van der Waals surface area contributed by atoms with Crippen LogP contribution in [0.3, 0.4) is 0 Å². The highest BCUT2D eigenvalue weighted by molar-refractivity contribution is 5.57. The molecule has 0 aliphatic heterocycles. The van der Waals surface area contributed by atoms with Crippen LogP contribution in [0.4, 0.5) is 11.4 Å². The molecule has 1 rings (SSSR count). The summed E-state index contributed by atoms with van der Waals surface area (Å²) < 4.78 is 0. The fraction of sp³-hybridized carbons (Fsp3) is 0.500. The summed E-state index contributed by atoms with van der Waals surface area (Å²) in [6, 6.07) is 6.64. The zero-order valence-corrected chi connectivity index (χ0v) is 9.30. The van der Waals surface area contributed by atoms with Gasteiger partial charge >= 0.3 is 0 Å². The van der Waals surface area contributed by atoms with Crippen molar-refractivity contribution in [2.24, 2.45) is 0 Å². The van der Waals surface area contributed by atoms with E-state index in [0.29, 0.717) is 6.04 Å². The Morgan fingerprint density at radius 3 is 2.64 bits per heavy atom. The number of nitrogens with one attached hydrogen (secondary N) is 1. The quantitative estimate of drug-likeness (QED) is 0.720. The molecule has 0 saturated heterocycles. The van der Waals surface area contributed by atoms with Crippen molar-refractivity contribution < 1.29 is 0 Å². The molecule has 0 saturated carbocycles. The van der Waals surface area contributed by atoms with Crippen LogP contribution < -0.4 is 11.1 Å². The Labute approximate surface area is 86.5 Å². The van der Waals surface area contributed by atoms with Crippen molar-refractivity contribution in [2.75, 3.05) is 11.1 Å². The summed E-state index contributed by atoms with van der Waals surface area (Å²) in [5.74, 6) is 0. The highest BCUT2D eigenvalue weighted by Gasteiger charge is 2.01. The van der Waals surface area contributed by atoms with Crippen molar-refractivity contribution in [1.82, 2.24) is 0 Å². The molecule has 0 heterocycles. The average Bonchev–Trinajstić information content (AvgIpc) is 2.10. The van der Waals surface area contributed by atoms with Gasteiger partial charge < -0.3 is 11.1 Å². The van der Waals surface area contributed by atoms with Gasteiger partial charge in [-0.3, -0.25) is 0 Å². The topological polar surface area (TPSA) is 38.0 Å². The zero-order valence-electron chi connectivity index (χ0n) is 9.30. The van der Waals surface area contributed by atoms with Gasteiger partial charge in [-0.25, -0.2) is 0 Å². The SMILES string of the molecule is CCCc1cc(NC(C)C)ccc1N. The van der Waals surface area contributed by atoms with Crippen LogP contribution in [0.2, 0.25) is 0 Å². The van der Waals surface area contributed by atoms with Gasteiger partial charge in [-0.05, 0) is 44.0 Å². The van der Waals surface area contributed by atoms with Crippen LogP contribution in [-0.4, -0.2) is 6.04 Å². The van der Waals surface area contributed by atoms with Crippen molar-refractivity contribution in [1.29, 1.82) is 0 Å². The zero-order chi connectivity index (χ0) is 10.6. The Balaban J connectivity index is 2.83. The summed E-state index contributed by atoms with van der Waals surface area (Å²) in [4.78, 5) is 0. The van der Waals surface area contributed by atoms with E-state index in [2.05, 4.69) is 32.2 Å². The first kappa shape index (κ1) is 10.9. The smallest absolute Gasteiger partial charge is 0.0348 e. The Bertz CT molecular complexity index is 292. The Kier molecular flexibility index (Phi) is 3.81. The van der Waals surface area contributed by atoms with Crippen molar-refractivity contribution in [3.05, 3.63) is 23.8 Å². The van der Waals surface area contributed by atoms with Gasteiger partial charge in [0.25, 0.3) is 0 Å². The fourth-order valence-electron chi connectivity index (χ4n) is 1.51. The van der Waals surface area contributed by atoms with Gasteiger partial charge in [0.2, 0.25) is 0 Å². The molecule has 0 aliphatic carbocycles. The van der Waals surface area contributed by atoms with E-state index in [0.717, 1.165) is 24.2 Å². The van der Waals surface area contributed by atoms with Crippen molar-refractivity contribution in [2.45, 2.75) is 39.7 Å². The second kappa shape index (κ2) is 4.89. The van der Waals surface area contributed by atoms with Gasteiger partial charge in [0.15, 0.2) is 0 Å². The van der Waals surface area contributed by atoms with Crippen LogP contribution >= 0.6 is 0 Å². The lowest BCUT2D eigenvalue weighted by molar-refractivity contribution is 0.894. The molecule has 0 atom stereocenters. The average molecular weight is 192 g/mol. The minimum absolute atomic E-state index is 0.466. The molecule has 3 N–H and O–H groups in total. The summed E-state index contributed by atoms with van der Waals surface area (Å²) in [5.41, 5.74) is 9.20. The first-order chi connectivity index (χ1) is 6.63. The highest BCUT2D eigenvalue weighted by atomic mass is 14.9. The summed E-state index contributed by atoms with van der Waals surface area (Å²) in [7, 11) is 0. The molecule has 0 spiro atoms. The molecule has 1 aromatic rings. The van der Waals surface area contributed by atoms with E-state index in [1.807, 2.05) is 12.1 Å². The van der Waals surface area contributed by atoms with Gasteiger partial charge in [0.05, 0.1) is 0 Å². The number of nitrogen functional groups attached to an aromatic ring is 1. The maximum absolute atomic E-state index is 5.88. The van der Waals surface area contributed by atoms with Gasteiger partial charge in [-0.1, -0.05) is 13.3 Å². The van der Waals surface area contributed by atoms with Crippen LogP contribution in [0, 0.1) is 0 Å². The predicted molar refractivity (Wildman–Crippen MR) is 63.6 cm³/mol. The largest absolute Gasteiger partial charge is 0.399 e. The monoisotopic (exact) mass is 192 g/mol. The van der Waals surface area contributed by atoms with Crippen LogP contribution in [0.5, 0.6) is 0 Å². The van der Waals surface area contributed by atoms with Gasteiger partial charge in [-0.2, -0.15) is 0 Å². The standard InChI is InChI=1S/C12H20N2/c1-4-5-10-8-11(14-9(2)3)6-7-12(10)13/h6-9,14H,4-5,13H2,1-3H3. The van der Waals surface area contributed by atoms with E-state index in [4.69, 9.17) is 5.73 Å². The van der Waals surface area contributed by atoms with Crippen LogP contribution in [0.25, 0.3) is 0 Å². The molecule has 0 aromatic heterocycles. The van der Waals surface area contributed by atoms with Crippen molar-refractivity contribution in [3.8, 4) is 0 Å². The molecule has 0 amide bonds. The van der Waals surface area contributed by atoms with E-state index in [1.165, 1.54) is 5.56 Å². The second-order valence-electron chi connectivity index (χ2n) is 3.96. The van der Waals surface area contributed by atoms with E-state index in [9.17, 15) is 0 Å². The molecular weight excluding hydrogens is 172 g/mol. The molecule has 0 bridgehead atoms. The Hall–Kier alpha value is -1.18. The molecule has 14 heavy (non-hydrogen) atoms. The van der Waals surface area contributed by atoms with Gasteiger partial charge in [0, 0.05) is 17.4 Å². The van der Waals surface area contributed by atoms with Crippen LogP contribution in [-0.2, 0) is 6.42 Å². The van der Waals surface area contributed by atoms with Gasteiger partial charge in [0.1, 0.15) is 0 Å². The second-order valence-corrected chi connectivity index (χ2v) is 3.96. The van der Waals surface area contributed by atoms with Crippen LogP contribution in [0.1, 0.15) is 32.8 Å². The summed E-state index contributed by atoms with van der Waals surface area (Å²) in [6.45, 7) is 6.44. The van der Waals surface area contributed by atoms with Crippen LogP contribution in [0.15, 0.2) is 18.2 Å². The van der Waals surface area contributed by atoms with E-state index >= 15 is 0 Å². The predicted octanol–water partition coefficient (Wildman–Crippen LogP) is 3.04. The van der Waals surface area contributed by atoms with Gasteiger partial charge in [-0.15, -0.1) is 0 Å². The Morgan fingerprint density at radius 1 is 1.36 bits per heavy atom. The number of hydrogen-bond acceptors (Lipinski definition) is 2. The first-order valence-corrected chi connectivity index (χ1v) is 5.28. The molecule has 0 aliphatic rings. The number of hydrogen-bond donors (Lipinski definition) is 2. The van der Waals surface area contributed by atoms with Crippen molar-refractivity contribution >= 4 is 11.4 Å². The molecule has 2 heteroatoms. The summed E-state index contributed by atoms with van der Waals surface area (Å²) in [6.07, 6.45) is 2.19. The maximum Gasteiger partial charge on any atom is 0.0348 e. The molecule has 1 aromatic carbocycles. The van der Waals surface area contributed by atoms with E-state index in [-0.39, 0.29) is 0 Å². The number of benzene rings is 1. The maximum atomic E-state index is 5.88. The van der Waals surface area contributed by atoms with E-state index in [1.54, 1.807) is 0 Å². The normalized spacial score (nSPS) is 10.6. The number of anilines is 2. The first-order valence-electron chi connectivity index (χ1n) is 5.28. The lowest BCUT2D eigenvalue weighted by atomic mass is 10.1. The highest BCUT2D eigenvalue weighted by Crippen LogP contribution is 2.19. The minimum Gasteiger partial charge on any atom is -0.399 e. The molecule has 0 unspecified atom stereocenters. The molecule has 78 valence electrons. The minimum atomic E-state index is 0.466. The third-order valence-electron chi connectivity index (χ3n) is 2.12. The fourth-order valence-corrected chi connectivity index (χ4v) is 1.51. The number of aryl methyl sites for hydroxylation is 1. The lowest BCUT2D eigenvalue weighted by Gasteiger charge is -2.12. The summed E-state index contributed by atoms with van der Waals surface area (Å²) in [5, 5.41) is 3.38.